The lowest BCUT2D eigenvalue weighted by atomic mass is 10.4. The van der Waals surface area contributed by atoms with E-state index in [4.69, 9.17) is 0 Å². The average Bonchev–Trinajstić information content (AvgIpc) is 2.64. The van der Waals surface area contributed by atoms with Gasteiger partial charge in [-0.3, -0.25) is 0 Å². The molecule has 0 aromatic heterocycles. The Balaban J connectivity index is 0.000000298. The summed E-state index contributed by atoms with van der Waals surface area (Å²) in [6.45, 7) is 3.07. The van der Waals surface area contributed by atoms with Gasteiger partial charge in [0.05, 0.1) is 26.8 Å². The molecule has 3 aromatic carbocycles. The highest BCUT2D eigenvalue weighted by Gasteiger charge is 2.27. The molecule has 3 nitrogen and oxygen atoms in total. The SMILES string of the molecule is C=CCS(=O)(=O)[O-].c1ccc([S+](c2ccccc2)c2ccccc2)cc1. The van der Waals surface area contributed by atoms with Crippen LogP contribution < -0.4 is 0 Å². The standard InChI is InChI=1S/C18H15S.C3H6O3S/c1-4-10-16(11-5-1)19(17-12-6-2-7-13-17)18-14-8-3-9-15-18;1-2-3-7(4,5)6/h1-15H;2H,1,3H2,(H,4,5,6)/q+1;/p-1. The Hall–Kier alpha value is -2.34. The van der Waals surface area contributed by atoms with Crippen LogP contribution in [-0.2, 0) is 21.0 Å². The third kappa shape index (κ3) is 6.52. The highest BCUT2D eigenvalue weighted by molar-refractivity contribution is 7.97. The molecule has 26 heavy (non-hydrogen) atoms. The second kappa shape index (κ2) is 9.97. The molecule has 0 saturated heterocycles. The summed E-state index contributed by atoms with van der Waals surface area (Å²) < 4.78 is 28.8. The van der Waals surface area contributed by atoms with E-state index in [2.05, 4.69) is 97.6 Å². The summed E-state index contributed by atoms with van der Waals surface area (Å²) in [5, 5.41) is 0. The van der Waals surface area contributed by atoms with E-state index in [1.165, 1.54) is 14.7 Å². The summed E-state index contributed by atoms with van der Waals surface area (Å²) in [5.41, 5.74) is 0. The van der Waals surface area contributed by atoms with Gasteiger partial charge < -0.3 is 4.55 Å². The van der Waals surface area contributed by atoms with Crippen LogP contribution in [0.25, 0.3) is 0 Å². The quantitative estimate of drug-likeness (QED) is 0.370. The lowest BCUT2D eigenvalue weighted by molar-refractivity contribution is 0.466. The Morgan fingerprint density at radius 3 is 1.23 bits per heavy atom. The van der Waals surface area contributed by atoms with Crippen molar-refractivity contribution >= 4 is 21.0 Å². The Kier molecular flexibility index (Phi) is 7.66. The zero-order valence-electron chi connectivity index (χ0n) is 14.2. The molecule has 0 spiro atoms. The van der Waals surface area contributed by atoms with Crippen LogP contribution in [0.1, 0.15) is 0 Å². The lowest BCUT2D eigenvalue weighted by Crippen LogP contribution is -2.04. The predicted octanol–water partition coefficient (Wildman–Crippen LogP) is 4.50. The molecule has 0 aliphatic carbocycles. The zero-order valence-corrected chi connectivity index (χ0v) is 15.8. The monoisotopic (exact) mass is 384 g/mol. The van der Waals surface area contributed by atoms with Gasteiger partial charge in [0.1, 0.15) is 0 Å². The Morgan fingerprint density at radius 2 is 1.04 bits per heavy atom. The molecule has 0 N–H and O–H groups in total. The van der Waals surface area contributed by atoms with E-state index in [1.54, 1.807) is 0 Å². The first-order valence-electron chi connectivity index (χ1n) is 7.95. The van der Waals surface area contributed by atoms with E-state index < -0.39 is 15.9 Å². The third-order valence-corrected chi connectivity index (χ3v) is 6.13. The van der Waals surface area contributed by atoms with Gasteiger partial charge >= 0.3 is 0 Å². The summed E-state index contributed by atoms with van der Waals surface area (Å²) in [5.74, 6) is -0.479. The minimum atomic E-state index is -4.04. The minimum Gasteiger partial charge on any atom is -0.748 e. The second-order valence-electron chi connectivity index (χ2n) is 5.26. The van der Waals surface area contributed by atoms with Crippen LogP contribution in [-0.4, -0.2) is 18.7 Å². The minimum absolute atomic E-state index is 0.0146. The van der Waals surface area contributed by atoms with E-state index in [0.29, 0.717) is 0 Å². The van der Waals surface area contributed by atoms with Crippen LogP contribution in [0, 0.1) is 0 Å². The van der Waals surface area contributed by atoms with Crippen LogP contribution >= 0.6 is 0 Å². The highest BCUT2D eigenvalue weighted by Crippen LogP contribution is 2.30. The summed E-state index contributed by atoms with van der Waals surface area (Å²) >= 11 is 0. The molecule has 134 valence electrons. The first-order chi connectivity index (χ1) is 12.5. The number of hydrogen-bond donors (Lipinski definition) is 0. The predicted molar refractivity (Wildman–Crippen MR) is 106 cm³/mol. The van der Waals surface area contributed by atoms with Crippen LogP contribution in [0.4, 0.5) is 0 Å². The molecule has 0 radical (unpaired) electrons. The van der Waals surface area contributed by atoms with Gasteiger partial charge in [0, 0.05) is 0 Å². The van der Waals surface area contributed by atoms with E-state index >= 15 is 0 Å². The maximum Gasteiger partial charge on any atom is 0.166 e. The molecule has 5 heteroatoms. The highest BCUT2D eigenvalue weighted by atomic mass is 32.2. The van der Waals surface area contributed by atoms with Crippen molar-refractivity contribution in [2.24, 2.45) is 0 Å². The van der Waals surface area contributed by atoms with Crippen molar-refractivity contribution < 1.29 is 13.0 Å². The molecule has 0 saturated carbocycles. The molecule has 0 heterocycles. The molecule has 0 unspecified atom stereocenters. The van der Waals surface area contributed by atoms with Crippen molar-refractivity contribution in [3.05, 3.63) is 104 Å². The van der Waals surface area contributed by atoms with Gasteiger partial charge in [-0.2, -0.15) is 0 Å². The first-order valence-corrected chi connectivity index (χ1v) is 10.8. The largest absolute Gasteiger partial charge is 0.748 e. The Labute approximate surface area is 158 Å². The van der Waals surface area contributed by atoms with Crippen molar-refractivity contribution in [3.63, 3.8) is 0 Å². The molecule has 0 atom stereocenters. The van der Waals surface area contributed by atoms with Crippen molar-refractivity contribution in [3.8, 4) is 0 Å². The van der Waals surface area contributed by atoms with Gasteiger partial charge in [-0.1, -0.05) is 60.7 Å². The number of rotatable bonds is 5. The van der Waals surface area contributed by atoms with E-state index in [0.717, 1.165) is 6.08 Å². The van der Waals surface area contributed by atoms with Gasteiger partial charge in [-0.25, -0.2) is 8.42 Å². The molecule has 0 aliphatic heterocycles. The topological polar surface area (TPSA) is 57.2 Å². The summed E-state index contributed by atoms with van der Waals surface area (Å²) in [6.07, 6.45) is 1.06. The second-order valence-corrected chi connectivity index (χ2v) is 8.73. The van der Waals surface area contributed by atoms with Gasteiger partial charge in [0.25, 0.3) is 0 Å². The van der Waals surface area contributed by atoms with E-state index in [-0.39, 0.29) is 10.9 Å². The average molecular weight is 385 g/mol. The maximum absolute atomic E-state index is 9.60. The lowest BCUT2D eigenvalue weighted by Gasteiger charge is -2.07. The molecule has 0 bridgehead atoms. The normalized spacial score (nSPS) is 10.7. The van der Waals surface area contributed by atoms with Crippen LogP contribution in [0.15, 0.2) is 118 Å². The molecule has 0 aliphatic rings. The zero-order chi connectivity index (χ0) is 18.8. The van der Waals surface area contributed by atoms with E-state index in [9.17, 15) is 13.0 Å². The van der Waals surface area contributed by atoms with Gasteiger partial charge in [-0.15, -0.1) is 6.58 Å². The fraction of sp³-hybridized carbons (Fsp3) is 0.0476. The summed E-state index contributed by atoms with van der Waals surface area (Å²) in [6, 6.07) is 32.2. The molecule has 0 amide bonds. The smallest absolute Gasteiger partial charge is 0.166 e. The van der Waals surface area contributed by atoms with E-state index in [1.807, 2.05) is 0 Å². The maximum atomic E-state index is 9.60. The fourth-order valence-corrected chi connectivity index (χ4v) is 4.62. The van der Waals surface area contributed by atoms with Gasteiger partial charge in [0.15, 0.2) is 14.7 Å². The molecular weight excluding hydrogens is 364 g/mol. The Morgan fingerprint density at radius 1 is 0.731 bits per heavy atom. The van der Waals surface area contributed by atoms with Crippen molar-refractivity contribution in [2.45, 2.75) is 14.7 Å². The molecule has 3 rings (SSSR count). The Bertz CT molecular complexity index is 800. The first kappa shape index (κ1) is 20.0. The molecule has 0 fully saturated rings. The molecular formula is C21H20O3S2. The summed E-state index contributed by atoms with van der Waals surface area (Å²) in [4.78, 5) is 4.08. The van der Waals surface area contributed by atoms with Crippen molar-refractivity contribution in [1.29, 1.82) is 0 Å². The number of hydrogen-bond acceptors (Lipinski definition) is 3. The van der Waals surface area contributed by atoms with Gasteiger partial charge in [-0.05, 0) is 36.4 Å². The van der Waals surface area contributed by atoms with Crippen molar-refractivity contribution in [1.82, 2.24) is 0 Å². The number of benzene rings is 3. The third-order valence-electron chi connectivity index (χ3n) is 3.26. The van der Waals surface area contributed by atoms with Crippen molar-refractivity contribution in [2.75, 3.05) is 5.75 Å². The van der Waals surface area contributed by atoms with Crippen LogP contribution in [0.3, 0.4) is 0 Å². The molecule has 3 aromatic rings. The van der Waals surface area contributed by atoms with Gasteiger partial charge in [0.2, 0.25) is 0 Å². The van der Waals surface area contributed by atoms with Crippen LogP contribution in [0.2, 0.25) is 0 Å². The van der Waals surface area contributed by atoms with Crippen LogP contribution in [0.5, 0.6) is 0 Å². The summed E-state index contributed by atoms with van der Waals surface area (Å²) in [7, 11) is -4.06. The fourth-order valence-electron chi connectivity index (χ4n) is 2.22.